The molecule has 4 nitrogen and oxygen atoms in total. The highest BCUT2D eigenvalue weighted by Crippen LogP contribution is 2.30. The molecule has 0 spiro atoms. The number of thioether (sulfide) groups is 1. The zero-order valence-corrected chi connectivity index (χ0v) is 16.4. The molecule has 0 saturated carbocycles. The lowest BCUT2D eigenvalue weighted by Gasteiger charge is -2.19. The van der Waals surface area contributed by atoms with Crippen LogP contribution < -0.4 is 10.2 Å². The van der Waals surface area contributed by atoms with Gasteiger partial charge in [-0.25, -0.2) is 4.98 Å². The molecule has 0 aliphatic rings. The first-order chi connectivity index (χ1) is 12.0. The molecule has 25 heavy (non-hydrogen) atoms. The second-order valence-electron chi connectivity index (χ2n) is 5.61. The fourth-order valence-corrected chi connectivity index (χ4v) is 3.55. The van der Waals surface area contributed by atoms with E-state index in [-0.39, 0.29) is 11.2 Å². The van der Waals surface area contributed by atoms with Crippen molar-refractivity contribution in [3.05, 3.63) is 53.2 Å². The van der Waals surface area contributed by atoms with Crippen LogP contribution in [-0.4, -0.2) is 29.2 Å². The predicted octanol–water partition coefficient (Wildman–Crippen LogP) is 4.38. The number of carbonyl (C=O) groups excluding carboxylic acids is 1. The molecule has 6 heteroatoms. The van der Waals surface area contributed by atoms with Gasteiger partial charge in [0.1, 0.15) is 5.82 Å². The molecule has 0 bridgehead atoms. The van der Waals surface area contributed by atoms with E-state index in [2.05, 4.69) is 29.0 Å². The van der Waals surface area contributed by atoms with Gasteiger partial charge in [0, 0.05) is 30.7 Å². The maximum absolute atomic E-state index is 12.3. The summed E-state index contributed by atoms with van der Waals surface area (Å²) in [5, 5.41) is 3.41. The number of halogens is 1. The lowest BCUT2D eigenvalue weighted by Crippen LogP contribution is -2.30. The summed E-state index contributed by atoms with van der Waals surface area (Å²) in [6.45, 7) is 8.42. The van der Waals surface area contributed by atoms with Crippen LogP contribution in [0.3, 0.4) is 0 Å². The van der Waals surface area contributed by atoms with Crippen molar-refractivity contribution >= 4 is 35.1 Å². The number of nitrogens with one attached hydrogen (secondary N) is 1. The maximum Gasteiger partial charge on any atom is 0.233 e. The van der Waals surface area contributed by atoms with Gasteiger partial charge in [0.2, 0.25) is 5.91 Å². The van der Waals surface area contributed by atoms with Gasteiger partial charge in [-0.05, 0) is 44.5 Å². The number of rotatable bonds is 8. The standard InChI is InChI=1S/C19H24ClN3OS/c1-4-23(5-2)18-11-10-15(12-21-18)13-22-19(24)14(3)25-17-9-7-6-8-16(17)20/h6-12,14H,4-5,13H2,1-3H3,(H,22,24). The molecule has 1 aromatic heterocycles. The van der Waals surface area contributed by atoms with Gasteiger partial charge in [-0.2, -0.15) is 0 Å². The van der Waals surface area contributed by atoms with Crippen molar-refractivity contribution in [3.8, 4) is 0 Å². The smallest absolute Gasteiger partial charge is 0.233 e. The van der Waals surface area contributed by atoms with Crippen LogP contribution in [0.5, 0.6) is 0 Å². The van der Waals surface area contributed by atoms with Crippen molar-refractivity contribution < 1.29 is 4.79 Å². The minimum Gasteiger partial charge on any atom is -0.357 e. The third-order valence-electron chi connectivity index (χ3n) is 3.87. The second-order valence-corrected chi connectivity index (χ2v) is 7.40. The summed E-state index contributed by atoms with van der Waals surface area (Å²) >= 11 is 7.60. The summed E-state index contributed by atoms with van der Waals surface area (Å²) in [7, 11) is 0. The van der Waals surface area contributed by atoms with E-state index in [1.54, 1.807) is 0 Å². The number of benzene rings is 1. The van der Waals surface area contributed by atoms with Gasteiger partial charge in [-0.3, -0.25) is 4.79 Å². The van der Waals surface area contributed by atoms with E-state index < -0.39 is 0 Å². The second kappa shape index (κ2) is 9.68. The van der Waals surface area contributed by atoms with Gasteiger partial charge < -0.3 is 10.2 Å². The summed E-state index contributed by atoms with van der Waals surface area (Å²) < 4.78 is 0. The first kappa shape index (κ1) is 19.6. The highest BCUT2D eigenvalue weighted by molar-refractivity contribution is 8.00. The van der Waals surface area contributed by atoms with Crippen molar-refractivity contribution in [2.75, 3.05) is 18.0 Å². The zero-order valence-electron chi connectivity index (χ0n) is 14.8. The van der Waals surface area contributed by atoms with Crippen LogP contribution in [0.4, 0.5) is 5.82 Å². The summed E-state index contributed by atoms with van der Waals surface area (Å²) in [4.78, 5) is 19.9. The summed E-state index contributed by atoms with van der Waals surface area (Å²) in [6.07, 6.45) is 1.82. The molecule has 0 radical (unpaired) electrons. The molecular weight excluding hydrogens is 354 g/mol. The van der Waals surface area contributed by atoms with Crippen LogP contribution in [0.1, 0.15) is 26.3 Å². The third-order valence-corrected chi connectivity index (χ3v) is 5.49. The van der Waals surface area contributed by atoms with E-state index in [9.17, 15) is 4.79 Å². The van der Waals surface area contributed by atoms with Crippen LogP contribution >= 0.6 is 23.4 Å². The monoisotopic (exact) mass is 377 g/mol. The fourth-order valence-electron chi connectivity index (χ4n) is 2.37. The number of hydrogen-bond donors (Lipinski definition) is 1. The molecule has 1 unspecified atom stereocenters. The largest absolute Gasteiger partial charge is 0.357 e. The van der Waals surface area contributed by atoms with Gasteiger partial charge in [0.05, 0.1) is 10.3 Å². The van der Waals surface area contributed by atoms with E-state index in [4.69, 9.17) is 11.6 Å². The molecule has 2 aromatic rings. The summed E-state index contributed by atoms with van der Waals surface area (Å²) in [5.74, 6) is 0.945. The van der Waals surface area contributed by atoms with Gasteiger partial charge in [-0.15, -0.1) is 11.8 Å². The molecule has 0 aliphatic heterocycles. The topological polar surface area (TPSA) is 45.2 Å². The Balaban J connectivity index is 1.88. The van der Waals surface area contributed by atoms with Gasteiger partial charge >= 0.3 is 0 Å². The molecule has 0 aliphatic carbocycles. The van der Waals surface area contributed by atoms with Crippen LogP contribution in [0.15, 0.2) is 47.5 Å². The van der Waals surface area contributed by atoms with E-state index in [1.165, 1.54) is 11.8 Å². The average Bonchev–Trinajstić information content (AvgIpc) is 2.63. The highest BCUT2D eigenvalue weighted by Gasteiger charge is 2.15. The fraction of sp³-hybridized carbons (Fsp3) is 0.368. The van der Waals surface area contributed by atoms with E-state index in [0.717, 1.165) is 29.4 Å². The van der Waals surface area contributed by atoms with Gasteiger partial charge in [0.25, 0.3) is 0 Å². The Kier molecular flexibility index (Phi) is 7.59. The molecular formula is C19H24ClN3OS. The quantitative estimate of drug-likeness (QED) is 0.693. The van der Waals surface area contributed by atoms with Crippen LogP contribution in [0, 0.1) is 0 Å². The van der Waals surface area contributed by atoms with E-state index >= 15 is 0 Å². The number of pyridine rings is 1. The molecule has 0 saturated heterocycles. The van der Waals surface area contributed by atoms with Crippen molar-refractivity contribution in [2.24, 2.45) is 0 Å². The minimum absolute atomic E-state index is 0.0160. The number of carbonyl (C=O) groups is 1. The number of amides is 1. The Morgan fingerprint density at radius 3 is 2.56 bits per heavy atom. The average molecular weight is 378 g/mol. The zero-order chi connectivity index (χ0) is 18.2. The molecule has 1 amide bonds. The van der Waals surface area contributed by atoms with Crippen molar-refractivity contribution in [1.82, 2.24) is 10.3 Å². The van der Waals surface area contributed by atoms with Crippen molar-refractivity contribution in [3.63, 3.8) is 0 Å². The Hall–Kier alpha value is -1.72. The van der Waals surface area contributed by atoms with Crippen LogP contribution in [-0.2, 0) is 11.3 Å². The Morgan fingerprint density at radius 2 is 1.96 bits per heavy atom. The molecule has 1 atom stereocenters. The first-order valence-corrected chi connectivity index (χ1v) is 9.69. The Labute approximate surface area is 159 Å². The Bertz CT molecular complexity index is 689. The molecule has 134 valence electrons. The molecule has 1 N–H and O–H groups in total. The highest BCUT2D eigenvalue weighted by atomic mass is 35.5. The van der Waals surface area contributed by atoms with E-state index in [1.807, 2.05) is 49.5 Å². The number of hydrogen-bond acceptors (Lipinski definition) is 4. The molecule has 1 heterocycles. The molecule has 2 rings (SSSR count). The minimum atomic E-state index is -0.220. The number of aromatic nitrogens is 1. The Morgan fingerprint density at radius 1 is 1.24 bits per heavy atom. The van der Waals surface area contributed by atoms with E-state index in [0.29, 0.717) is 11.6 Å². The van der Waals surface area contributed by atoms with Crippen molar-refractivity contribution in [1.29, 1.82) is 0 Å². The number of anilines is 1. The normalized spacial score (nSPS) is 11.8. The molecule has 0 fully saturated rings. The molecule has 1 aromatic carbocycles. The maximum atomic E-state index is 12.3. The SMILES string of the molecule is CCN(CC)c1ccc(CNC(=O)C(C)Sc2ccccc2Cl)cn1. The summed E-state index contributed by atoms with van der Waals surface area (Å²) in [6, 6.07) is 11.6. The van der Waals surface area contributed by atoms with Crippen molar-refractivity contribution in [2.45, 2.75) is 37.5 Å². The predicted molar refractivity (Wildman–Crippen MR) is 106 cm³/mol. The van der Waals surface area contributed by atoms with Crippen LogP contribution in [0.25, 0.3) is 0 Å². The lowest BCUT2D eigenvalue weighted by molar-refractivity contribution is -0.120. The van der Waals surface area contributed by atoms with Crippen LogP contribution in [0.2, 0.25) is 5.02 Å². The third kappa shape index (κ3) is 5.65. The summed E-state index contributed by atoms with van der Waals surface area (Å²) in [5.41, 5.74) is 0.985. The number of nitrogens with zero attached hydrogens (tertiary/aromatic N) is 2. The van der Waals surface area contributed by atoms with Gasteiger partial charge in [0.15, 0.2) is 0 Å². The lowest BCUT2D eigenvalue weighted by atomic mass is 10.2. The first-order valence-electron chi connectivity index (χ1n) is 8.43. The van der Waals surface area contributed by atoms with Gasteiger partial charge in [-0.1, -0.05) is 29.8 Å².